The van der Waals surface area contributed by atoms with Gasteiger partial charge in [0.05, 0.1) is 29.1 Å². The Balaban J connectivity index is 2.20. The number of amides is 1. The first-order valence-corrected chi connectivity index (χ1v) is 7.18. The summed E-state index contributed by atoms with van der Waals surface area (Å²) in [6.07, 6.45) is 0. The molecule has 23 heavy (non-hydrogen) atoms. The van der Waals surface area contributed by atoms with Crippen molar-refractivity contribution in [1.29, 1.82) is 0 Å². The minimum atomic E-state index is -0.528. The van der Waals surface area contributed by atoms with Gasteiger partial charge in [0.25, 0.3) is 5.91 Å². The summed E-state index contributed by atoms with van der Waals surface area (Å²) >= 11 is 0. The van der Waals surface area contributed by atoms with E-state index in [1.807, 2.05) is 6.92 Å². The lowest BCUT2D eigenvalue weighted by molar-refractivity contribution is 0.0526. The van der Waals surface area contributed by atoms with Crippen LogP contribution >= 0.6 is 0 Å². The predicted molar refractivity (Wildman–Crippen MR) is 85.7 cm³/mol. The van der Waals surface area contributed by atoms with E-state index in [1.165, 1.54) is 18.2 Å². The number of phenolic OH excluding ortho intramolecular Hbond substituents is 1. The van der Waals surface area contributed by atoms with Gasteiger partial charge in [-0.05, 0) is 51.1 Å². The third-order valence-corrected chi connectivity index (χ3v) is 3.23. The number of ether oxygens (including phenoxy) is 1. The third kappa shape index (κ3) is 3.85. The molecule has 0 saturated carbocycles. The van der Waals surface area contributed by atoms with Crippen molar-refractivity contribution in [3.63, 3.8) is 0 Å². The molecule has 6 nitrogen and oxygen atoms in total. The predicted octanol–water partition coefficient (Wildman–Crippen LogP) is 2.83. The normalized spacial score (nSPS) is 10.2. The number of phenols is 1. The Labute approximate surface area is 134 Å². The van der Waals surface area contributed by atoms with E-state index in [4.69, 9.17) is 4.74 Å². The maximum absolute atomic E-state index is 12.3. The third-order valence-electron chi connectivity index (χ3n) is 3.23. The second kappa shape index (κ2) is 6.91. The van der Waals surface area contributed by atoms with Crippen LogP contribution in [0.15, 0.2) is 30.3 Å². The second-order valence-electron chi connectivity index (χ2n) is 4.99. The molecular formula is C17H18N2O4. The summed E-state index contributed by atoms with van der Waals surface area (Å²) in [5, 5.41) is 12.6. The van der Waals surface area contributed by atoms with E-state index in [9.17, 15) is 14.7 Å². The fraction of sp³-hybridized carbons (Fsp3) is 0.235. The highest BCUT2D eigenvalue weighted by atomic mass is 16.5. The van der Waals surface area contributed by atoms with Crippen molar-refractivity contribution in [3.05, 3.63) is 52.8 Å². The van der Waals surface area contributed by atoms with Gasteiger partial charge in [-0.25, -0.2) is 4.79 Å². The van der Waals surface area contributed by atoms with E-state index in [0.717, 1.165) is 5.69 Å². The van der Waals surface area contributed by atoms with Crippen molar-refractivity contribution in [2.75, 3.05) is 11.9 Å². The van der Waals surface area contributed by atoms with E-state index < -0.39 is 5.97 Å². The average Bonchev–Trinajstić information content (AvgIpc) is 2.49. The van der Waals surface area contributed by atoms with Crippen molar-refractivity contribution in [2.45, 2.75) is 20.8 Å². The van der Waals surface area contributed by atoms with Crippen LogP contribution in [0.25, 0.3) is 0 Å². The number of benzene rings is 1. The monoisotopic (exact) mass is 314 g/mol. The van der Waals surface area contributed by atoms with Crippen LogP contribution < -0.4 is 5.32 Å². The molecule has 1 amide bonds. The van der Waals surface area contributed by atoms with E-state index in [2.05, 4.69) is 10.3 Å². The maximum atomic E-state index is 12.3. The fourth-order valence-corrected chi connectivity index (χ4v) is 2.09. The van der Waals surface area contributed by atoms with Crippen LogP contribution in [0.4, 0.5) is 5.69 Å². The molecule has 0 aliphatic carbocycles. The maximum Gasteiger partial charge on any atom is 0.338 e. The molecule has 0 radical (unpaired) electrons. The lowest BCUT2D eigenvalue weighted by Gasteiger charge is -2.10. The first kappa shape index (κ1) is 16.5. The molecule has 1 aromatic carbocycles. The number of aromatic hydroxyl groups is 1. The van der Waals surface area contributed by atoms with Crippen molar-refractivity contribution < 1.29 is 19.4 Å². The van der Waals surface area contributed by atoms with Crippen LogP contribution in [0.2, 0.25) is 0 Å². The quantitative estimate of drug-likeness (QED) is 0.669. The Bertz CT molecular complexity index is 756. The molecule has 0 spiro atoms. The Kier molecular flexibility index (Phi) is 4.95. The first-order valence-electron chi connectivity index (χ1n) is 7.18. The molecule has 0 aliphatic heterocycles. The number of hydrogen-bond acceptors (Lipinski definition) is 5. The van der Waals surface area contributed by atoms with Gasteiger partial charge in [0, 0.05) is 5.69 Å². The SMILES string of the molecule is CCOC(=O)c1ccc(NC(=O)c2ccc(C)nc2C)c(O)c1. The minimum absolute atomic E-state index is 0.207. The van der Waals surface area contributed by atoms with Crippen LogP contribution in [0.1, 0.15) is 39.0 Å². The highest BCUT2D eigenvalue weighted by Crippen LogP contribution is 2.25. The molecule has 0 bridgehead atoms. The van der Waals surface area contributed by atoms with Gasteiger partial charge in [-0.15, -0.1) is 0 Å². The summed E-state index contributed by atoms with van der Waals surface area (Å²) in [6, 6.07) is 7.61. The van der Waals surface area contributed by atoms with E-state index in [-0.39, 0.29) is 29.5 Å². The zero-order chi connectivity index (χ0) is 17.0. The summed E-state index contributed by atoms with van der Waals surface area (Å²) in [5.74, 6) is -1.12. The number of aryl methyl sites for hydroxylation is 2. The number of aromatic nitrogens is 1. The van der Waals surface area contributed by atoms with Gasteiger partial charge >= 0.3 is 5.97 Å². The Morgan fingerprint density at radius 2 is 1.96 bits per heavy atom. The lowest BCUT2D eigenvalue weighted by atomic mass is 10.1. The molecule has 0 fully saturated rings. The van der Waals surface area contributed by atoms with Gasteiger partial charge in [0.2, 0.25) is 0 Å². The molecule has 0 unspecified atom stereocenters. The van der Waals surface area contributed by atoms with Gasteiger partial charge in [0.1, 0.15) is 5.75 Å². The van der Waals surface area contributed by atoms with Gasteiger partial charge in [-0.2, -0.15) is 0 Å². The minimum Gasteiger partial charge on any atom is -0.506 e. The molecule has 2 rings (SSSR count). The molecule has 0 saturated heterocycles. The van der Waals surface area contributed by atoms with Gasteiger partial charge in [0.15, 0.2) is 0 Å². The van der Waals surface area contributed by atoms with E-state index >= 15 is 0 Å². The summed E-state index contributed by atoms with van der Waals surface area (Å²) in [4.78, 5) is 28.1. The molecule has 2 N–H and O–H groups in total. The number of carbonyl (C=O) groups excluding carboxylic acids is 2. The lowest BCUT2D eigenvalue weighted by Crippen LogP contribution is -2.14. The summed E-state index contributed by atoms with van der Waals surface area (Å²) < 4.78 is 4.85. The largest absolute Gasteiger partial charge is 0.506 e. The van der Waals surface area contributed by atoms with E-state index in [1.54, 1.807) is 26.0 Å². The van der Waals surface area contributed by atoms with Crippen molar-refractivity contribution >= 4 is 17.6 Å². The zero-order valence-corrected chi connectivity index (χ0v) is 13.2. The molecule has 0 aliphatic rings. The Morgan fingerprint density at radius 1 is 1.22 bits per heavy atom. The number of anilines is 1. The molecule has 6 heteroatoms. The van der Waals surface area contributed by atoms with Crippen molar-refractivity contribution in [1.82, 2.24) is 4.98 Å². The Hall–Kier alpha value is -2.89. The van der Waals surface area contributed by atoms with E-state index in [0.29, 0.717) is 11.3 Å². The highest BCUT2D eigenvalue weighted by molar-refractivity contribution is 6.06. The van der Waals surface area contributed by atoms with Gasteiger partial charge in [-0.3, -0.25) is 9.78 Å². The number of nitrogens with one attached hydrogen (secondary N) is 1. The average molecular weight is 314 g/mol. The molecule has 2 aromatic rings. The molecule has 1 heterocycles. The van der Waals surface area contributed by atoms with Gasteiger partial charge in [-0.1, -0.05) is 0 Å². The Morgan fingerprint density at radius 3 is 2.57 bits per heavy atom. The van der Waals surface area contributed by atoms with Crippen molar-refractivity contribution in [2.24, 2.45) is 0 Å². The fourth-order valence-electron chi connectivity index (χ4n) is 2.09. The number of pyridine rings is 1. The number of rotatable bonds is 4. The standard InChI is InChI=1S/C17H18N2O4/c1-4-23-17(22)12-6-8-14(15(20)9-12)19-16(21)13-7-5-10(2)18-11(13)3/h5-9,20H,4H2,1-3H3,(H,19,21). The molecule has 0 atom stereocenters. The smallest absolute Gasteiger partial charge is 0.338 e. The second-order valence-corrected chi connectivity index (χ2v) is 4.99. The number of esters is 1. The number of nitrogens with zero attached hydrogens (tertiary/aromatic N) is 1. The number of carbonyl (C=O) groups is 2. The van der Waals surface area contributed by atoms with Crippen LogP contribution in [0.3, 0.4) is 0 Å². The van der Waals surface area contributed by atoms with Crippen molar-refractivity contribution in [3.8, 4) is 5.75 Å². The summed E-state index contributed by atoms with van der Waals surface area (Å²) in [7, 11) is 0. The molecule has 1 aromatic heterocycles. The molecule has 120 valence electrons. The number of hydrogen-bond donors (Lipinski definition) is 2. The van der Waals surface area contributed by atoms with Crippen LogP contribution in [-0.2, 0) is 4.74 Å². The highest BCUT2D eigenvalue weighted by Gasteiger charge is 2.14. The summed E-state index contributed by atoms with van der Waals surface area (Å²) in [5.41, 5.74) is 2.27. The van der Waals surface area contributed by atoms with Crippen LogP contribution in [-0.4, -0.2) is 28.6 Å². The summed E-state index contributed by atoms with van der Waals surface area (Å²) in [6.45, 7) is 5.53. The van der Waals surface area contributed by atoms with Crippen LogP contribution in [0, 0.1) is 13.8 Å². The van der Waals surface area contributed by atoms with Gasteiger partial charge < -0.3 is 15.2 Å². The van der Waals surface area contributed by atoms with Crippen LogP contribution in [0.5, 0.6) is 5.75 Å². The first-order chi connectivity index (χ1) is 10.9. The zero-order valence-electron chi connectivity index (χ0n) is 13.2. The topological polar surface area (TPSA) is 88.5 Å². The molecular weight excluding hydrogens is 296 g/mol.